The van der Waals surface area contributed by atoms with Crippen LogP contribution in [0.2, 0.25) is 0 Å². The number of nitrogens with two attached hydrogens (primary N) is 1. The summed E-state index contributed by atoms with van der Waals surface area (Å²) >= 11 is 0. The van der Waals surface area contributed by atoms with E-state index in [1.807, 2.05) is 0 Å². The van der Waals surface area contributed by atoms with Crippen LogP contribution in [0.3, 0.4) is 0 Å². The van der Waals surface area contributed by atoms with Gasteiger partial charge in [0.1, 0.15) is 11.6 Å². The topological polar surface area (TPSA) is 55.1 Å². The molecule has 21 heavy (non-hydrogen) atoms. The summed E-state index contributed by atoms with van der Waals surface area (Å²) in [6, 6.07) is 2.05. The highest BCUT2D eigenvalue weighted by atomic mass is 19.1. The van der Waals surface area contributed by atoms with Crippen molar-refractivity contribution in [1.82, 2.24) is 0 Å². The van der Waals surface area contributed by atoms with Crippen LogP contribution in [0, 0.1) is 17.6 Å². The van der Waals surface area contributed by atoms with Gasteiger partial charge >= 0.3 is 0 Å². The van der Waals surface area contributed by atoms with Crippen molar-refractivity contribution in [2.24, 2.45) is 11.7 Å². The van der Waals surface area contributed by atoms with Crippen LogP contribution >= 0.6 is 0 Å². The lowest BCUT2D eigenvalue weighted by molar-refractivity contribution is 0.0996. The molecule has 2 rings (SSSR count). The Hall–Kier alpha value is -1.65. The molecule has 3 N–H and O–H groups in total. The zero-order valence-corrected chi connectivity index (χ0v) is 12.3. The number of hydrogen-bond donors (Lipinski definition) is 2. The predicted molar refractivity (Wildman–Crippen MR) is 79.2 cm³/mol. The van der Waals surface area contributed by atoms with Gasteiger partial charge in [-0.05, 0) is 37.7 Å². The van der Waals surface area contributed by atoms with E-state index >= 15 is 0 Å². The summed E-state index contributed by atoms with van der Waals surface area (Å²) in [6.07, 6.45) is 6.61. The van der Waals surface area contributed by atoms with E-state index in [0.29, 0.717) is 6.07 Å². The lowest BCUT2D eigenvalue weighted by Crippen LogP contribution is -2.27. The molecule has 0 spiro atoms. The number of primary amides is 1. The van der Waals surface area contributed by atoms with Crippen molar-refractivity contribution in [2.45, 2.75) is 51.5 Å². The van der Waals surface area contributed by atoms with E-state index in [2.05, 4.69) is 12.2 Å². The van der Waals surface area contributed by atoms with Gasteiger partial charge in [0.05, 0.1) is 11.3 Å². The second-order valence-electron chi connectivity index (χ2n) is 5.83. The van der Waals surface area contributed by atoms with Crippen molar-refractivity contribution in [1.29, 1.82) is 0 Å². The normalized spacial score (nSPS) is 22.0. The van der Waals surface area contributed by atoms with Crippen molar-refractivity contribution < 1.29 is 13.6 Å². The fraction of sp³-hybridized carbons (Fsp3) is 0.562. The van der Waals surface area contributed by atoms with Gasteiger partial charge in [-0.1, -0.05) is 19.8 Å². The molecule has 0 unspecified atom stereocenters. The van der Waals surface area contributed by atoms with Crippen LogP contribution in [-0.2, 0) is 0 Å². The molecule has 1 aromatic carbocycles. The summed E-state index contributed by atoms with van der Waals surface area (Å²) in [4.78, 5) is 11.1. The molecule has 0 saturated heterocycles. The number of rotatable bonds is 5. The average Bonchev–Trinajstić information content (AvgIpc) is 2.43. The molecule has 0 atom stereocenters. The number of amides is 1. The maximum Gasteiger partial charge on any atom is 0.251 e. The van der Waals surface area contributed by atoms with Gasteiger partial charge in [0.25, 0.3) is 5.91 Å². The molecular formula is C16H22F2N2O. The molecule has 1 saturated carbocycles. The van der Waals surface area contributed by atoms with Crippen LogP contribution in [0.25, 0.3) is 0 Å². The Morgan fingerprint density at radius 3 is 2.48 bits per heavy atom. The van der Waals surface area contributed by atoms with Gasteiger partial charge in [-0.25, -0.2) is 8.78 Å². The van der Waals surface area contributed by atoms with E-state index in [-0.39, 0.29) is 17.3 Å². The highest BCUT2D eigenvalue weighted by Crippen LogP contribution is 2.30. The molecule has 0 radical (unpaired) electrons. The van der Waals surface area contributed by atoms with E-state index in [1.54, 1.807) is 0 Å². The molecule has 3 nitrogen and oxygen atoms in total. The third kappa shape index (κ3) is 3.93. The van der Waals surface area contributed by atoms with Crippen LogP contribution in [-0.4, -0.2) is 11.9 Å². The largest absolute Gasteiger partial charge is 0.380 e. The van der Waals surface area contributed by atoms with E-state index < -0.39 is 17.5 Å². The molecule has 0 aromatic heterocycles. The molecular weight excluding hydrogens is 274 g/mol. The highest BCUT2D eigenvalue weighted by Gasteiger charge is 2.22. The highest BCUT2D eigenvalue weighted by molar-refractivity contribution is 5.94. The summed E-state index contributed by atoms with van der Waals surface area (Å²) in [5.74, 6) is -1.74. The van der Waals surface area contributed by atoms with E-state index in [9.17, 15) is 13.6 Å². The first kappa shape index (κ1) is 15.7. The van der Waals surface area contributed by atoms with Crippen LogP contribution in [0.1, 0.15) is 55.8 Å². The number of carbonyl (C=O) groups is 1. The Morgan fingerprint density at radius 2 is 1.90 bits per heavy atom. The van der Waals surface area contributed by atoms with Crippen molar-refractivity contribution in [3.8, 4) is 0 Å². The summed E-state index contributed by atoms with van der Waals surface area (Å²) in [5.41, 5.74) is 4.97. The zero-order valence-electron chi connectivity index (χ0n) is 12.3. The maximum atomic E-state index is 13.8. The summed E-state index contributed by atoms with van der Waals surface area (Å²) in [5, 5.41) is 3.08. The van der Waals surface area contributed by atoms with Crippen LogP contribution in [0.5, 0.6) is 0 Å². The SMILES string of the molecule is CCCC1CCC(Nc2cc(C(N)=O)c(F)cc2F)CC1. The Bertz CT molecular complexity index is 511. The van der Waals surface area contributed by atoms with Crippen molar-refractivity contribution in [2.75, 3.05) is 5.32 Å². The summed E-state index contributed by atoms with van der Waals surface area (Å²) in [7, 11) is 0. The minimum absolute atomic E-state index is 0.157. The quantitative estimate of drug-likeness (QED) is 0.867. The minimum atomic E-state index is -0.919. The molecule has 1 aliphatic carbocycles. The Kier molecular flexibility index (Phi) is 5.15. The molecule has 5 heteroatoms. The average molecular weight is 296 g/mol. The fourth-order valence-electron chi connectivity index (χ4n) is 3.07. The molecule has 0 heterocycles. The van der Waals surface area contributed by atoms with Gasteiger partial charge in [0, 0.05) is 12.1 Å². The van der Waals surface area contributed by atoms with E-state index in [4.69, 9.17) is 5.73 Å². The molecule has 0 aliphatic heterocycles. The van der Waals surface area contributed by atoms with Gasteiger partial charge < -0.3 is 11.1 Å². The number of nitrogens with one attached hydrogen (secondary N) is 1. The van der Waals surface area contributed by atoms with Gasteiger partial charge in [0.2, 0.25) is 0 Å². The van der Waals surface area contributed by atoms with Crippen LogP contribution in [0.4, 0.5) is 14.5 Å². The molecule has 1 amide bonds. The first-order valence-corrected chi connectivity index (χ1v) is 7.56. The second-order valence-corrected chi connectivity index (χ2v) is 5.83. The summed E-state index contributed by atoms with van der Waals surface area (Å²) in [6.45, 7) is 2.18. The van der Waals surface area contributed by atoms with Crippen LogP contribution < -0.4 is 11.1 Å². The van der Waals surface area contributed by atoms with Crippen molar-refractivity contribution in [3.63, 3.8) is 0 Å². The molecule has 1 fully saturated rings. The molecule has 1 aromatic rings. The smallest absolute Gasteiger partial charge is 0.251 e. The number of carbonyl (C=O) groups excluding carboxylic acids is 1. The van der Waals surface area contributed by atoms with Gasteiger partial charge in [-0.2, -0.15) is 0 Å². The summed E-state index contributed by atoms with van der Waals surface area (Å²) < 4.78 is 27.2. The van der Waals surface area contributed by atoms with Gasteiger partial charge in [-0.3, -0.25) is 4.79 Å². The Balaban J connectivity index is 2.03. The Labute approximate surface area is 123 Å². The van der Waals surface area contributed by atoms with Crippen molar-refractivity contribution in [3.05, 3.63) is 29.3 Å². The first-order chi connectivity index (χ1) is 10.0. The minimum Gasteiger partial charge on any atom is -0.380 e. The third-order valence-electron chi connectivity index (χ3n) is 4.23. The number of hydrogen-bond acceptors (Lipinski definition) is 2. The first-order valence-electron chi connectivity index (χ1n) is 7.56. The monoisotopic (exact) mass is 296 g/mol. The number of halogens is 2. The number of benzene rings is 1. The Morgan fingerprint density at radius 1 is 1.24 bits per heavy atom. The van der Waals surface area contributed by atoms with Crippen molar-refractivity contribution >= 4 is 11.6 Å². The number of anilines is 1. The van der Waals surface area contributed by atoms with E-state index in [0.717, 1.165) is 31.6 Å². The van der Waals surface area contributed by atoms with Gasteiger partial charge in [0.15, 0.2) is 0 Å². The van der Waals surface area contributed by atoms with Crippen LogP contribution in [0.15, 0.2) is 12.1 Å². The molecule has 116 valence electrons. The maximum absolute atomic E-state index is 13.8. The predicted octanol–water partition coefficient (Wildman–Crippen LogP) is 3.83. The third-order valence-corrected chi connectivity index (χ3v) is 4.23. The second kappa shape index (κ2) is 6.87. The molecule has 1 aliphatic rings. The molecule has 0 bridgehead atoms. The zero-order chi connectivity index (χ0) is 15.4. The fourth-order valence-corrected chi connectivity index (χ4v) is 3.07. The van der Waals surface area contributed by atoms with Gasteiger partial charge in [-0.15, -0.1) is 0 Å². The lowest BCUT2D eigenvalue weighted by atomic mass is 9.83. The lowest BCUT2D eigenvalue weighted by Gasteiger charge is -2.29. The standard InChI is InChI=1S/C16H22F2N2O/c1-2-3-10-4-6-11(7-5-10)20-15-8-12(16(19)21)13(17)9-14(15)18/h8-11,20H,2-7H2,1H3,(H2,19,21). The van der Waals surface area contributed by atoms with E-state index in [1.165, 1.54) is 18.9 Å².